The highest BCUT2D eigenvalue weighted by Crippen LogP contribution is 2.23. The van der Waals surface area contributed by atoms with Gasteiger partial charge in [0.1, 0.15) is 5.75 Å². The lowest BCUT2D eigenvalue weighted by Crippen LogP contribution is -2.14. The van der Waals surface area contributed by atoms with E-state index in [9.17, 15) is 9.90 Å². The molecule has 0 aromatic heterocycles. The third kappa shape index (κ3) is 3.35. The van der Waals surface area contributed by atoms with Crippen molar-refractivity contribution in [1.29, 1.82) is 0 Å². The highest BCUT2D eigenvalue weighted by atomic mass is 16.5. The lowest BCUT2D eigenvalue weighted by Gasteiger charge is -2.13. The van der Waals surface area contributed by atoms with Gasteiger partial charge in [0.25, 0.3) is 0 Å². The van der Waals surface area contributed by atoms with Gasteiger partial charge in [0.15, 0.2) is 0 Å². The Bertz CT molecular complexity index is 532. The van der Waals surface area contributed by atoms with Crippen molar-refractivity contribution >= 4 is 5.97 Å². The van der Waals surface area contributed by atoms with E-state index in [0.717, 1.165) is 16.9 Å². The first-order chi connectivity index (χ1) is 9.20. The van der Waals surface area contributed by atoms with Gasteiger partial charge in [-0.3, -0.25) is 4.79 Å². The first-order valence-corrected chi connectivity index (χ1v) is 6.11. The molecule has 3 nitrogen and oxygen atoms in total. The molecule has 2 aromatic carbocycles. The predicted octanol–water partition coefficient (Wildman–Crippen LogP) is 3.11. The molecule has 1 atom stereocenters. The van der Waals surface area contributed by atoms with Crippen LogP contribution in [0, 0.1) is 0 Å². The molecule has 0 unspecified atom stereocenters. The summed E-state index contributed by atoms with van der Waals surface area (Å²) in [6, 6.07) is 16.8. The number of hydrogen-bond donors (Lipinski definition) is 1. The minimum atomic E-state index is -0.811. The Labute approximate surface area is 112 Å². The van der Waals surface area contributed by atoms with E-state index >= 15 is 0 Å². The molecule has 2 rings (SSSR count). The molecule has 3 heteroatoms. The van der Waals surface area contributed by atoms with Crippen LogP contribution in [0.1, 0.15) is 17.0 Å². The van der Waals surface area contributed by atoms with Crippen LogP contribution in [0.4, 0.5) is 0 Å². The lowest BCUT2D eigenvalue weighted by atomic mass is 9.92. The average Bonchev–Trinajstić information content (AvgIpc) is 2.46. The second-order valence-corrected chi connectivity index (χ2v) is 4.35. The predicted molar refractivity (Wildman–Crippen MR) is 73.5 cm³/mol. The molecular weight excluding hydrogens is 240 g/mol. The van der Waals surface area contributed by atoms with Crippen LogP contribution in [-0.4, -0.2) is 18.2 Å². The second kappa shape index (κ2) is 6.05. The maximum Gasteiger partial charge on any atom is 0.311 e. The van der Waals surface area contributed by atoms with Crippen LogP contribution >= 0.6 is 0 Å². The Morgan fingerprint density at radius 1 is 1.11 bits per heavy atom. The molecule has 98 valence electrons. The summed E-state index contributed by atoms with van der Waals surface area (Å²) in [5.74, 6) is -0.616. The van der Waals surface area contributed by atoms with Crippen molar-refractivity contribution < 1.29 is 14.6 Å². The molecule has 0 aliphatic heterocycles. The number of rotatable bonds is 5. The van der Waals surface area contributed by atoms with E-state index in [1.165, 1.54) is 0 Å². The summed E-state index contributed by atoms with van der Waals surface area (Å²) in [7, 11) is 1.59. The van der Waals surface area contributed by atoms with E-state index in [2.05, 4.69) is 0 Å². The summed E-state index contributed by atoms with van der Waals surface area (Å²) in [5.41, 5.74) is 1.81. The number of carboxylic acids is 1. The van der Waals surface area contributed by atoms with Crippen molar-refractivity contribution in [3.05, 3.63) is 65.7 Å². The number of aliphatic carboxylic acids is 1. The van der Waals surface area contributed by atoms with Crippen LogP contribution in [0.2, 0.25) is 0 Å². The van der Waals surface area contributed by atoms with Gasteiger partial charge in [0.05, 0.1) is 13.0 Å². The molecule has 0 saturated carbocycles. The van der Waals surface area contributed by atoms with E-state index in [4.69, 9.17) is 4.74 Å². The van der Waals surface area contributed by atoms with Gasteiger partial charge in [-0.15, -0.1) is 0 Å². The molecule has 0 heterocycles. The number of methoxy groups -OCH3 is 1. The highest BCUT2D eigenvalue weighted by molar-refractivity contribution is 5.76. The van der Waals surface area contributed by atoms with E-state index in [0.29, 0.717) is 6.42 Å². The Balaban J connectivity index is 2.22. The van der Waals surface area contributed by atoms with Crippen molar-refractivity contribution in [1.82, 2.24) is 0 Å². The molecule has 0 bridgehead atoms. The number of hydrogen-bond acceptors (Lipinski definition) is 2. The summed E-state index contributed by atoms with van der Waals surface area (Å²) >= 11 is 0. The Morgan fingerprint density at radius 2 is 1.74 bits per heavy atom. The van der Waals surface area contributed by atoms with Crippen molar-refractivity contribution in [3.8, 4) is 5.75 Å². The minimum Gasteiger partial charge on any atom is -0.497 e. The Hall–Kier alpha value is -2.29. The van der Waals surface area contributed by atoms with Crippen LogP contribution in [0.25, 0.3) is 0 Å². The summed E-state index contributed by atoms with van der Waals surface area (Å²) in [6.45, 7) is 0. The molecule has 0 aliphatic rings. The molecule has 0 fully saturated rings. The van der Waals surface area contributed by atoms with Crippen LogP contribution in [-0.2, 0) is 11.2 Å². The Kier molecular flexibility index (Phi) is 4.18. The first-order valence-electron chi connectivity index (χ1n) is 6.11. The molecule has 1 N–H and O–H groups in total. The van der Waals surface area contributed by atoms with E-state index in [-0.39, 0.29) is 0 Å². The van der Waals surface area contributed by atoms with Crippen molar-refractivity contribution in [2.45, 2.75) is 12.3 Å². The third-order valence-corrected chi connectivity index (χ3v) is 3.10. The SMILES string of the molecule is COc1ccc([C@H](Cc2ccccc2)C(=O)O)cc1. The van der Waals surface area contributed by atoms with Crippen LogP contribution < -0.4 is 4.74 Å². The summed E-state index contributed by atoms with van der Waals surface area (Å²) in [6.07, 6.45) is 0.489. The zero-order valence-corrected chi connectivity index (χ0v) is 10.7. The summed E-state index contributed by atoms with van der Waals surface area (Å²) in [5, 5.41) is 9.38. The van der Waals surface area contributed by atoms with Gasteiger partial charge in [0.2, 0.25) is 0 Å². The maximum absolute atomic E-state index is 11.4. The van der Waals surface area contributed by atoms with E-state index in [1.807, 2.05) is 30.3 Å². The van der Waals surface area contributed by atoms with Gasteiger partial charge >= 0.3 is 5.97 Å². The zero-order valence-electron chi connectivity index (χ0n) is 10.7. The molecule has 0 spiro atoms. The fraction of sp³-hybridized carbons (Fsp3) is 0.188. The average molecular weight is 256 g/mol. The standard InChI is InChI=1S/C16H16O3/c1-19-14-9-7-13(8-10-14)15(16(17)18)11-12-5-3-2-4-6-12/h2-10,15H,11H2,1H3,(H,17,18)/t15-/m0/s1. The second-order valence-electron chi connectivity index (χ2n) is 4.35. The summed E-state index contributed by atoms with van der Waals surface area (Å²) < 4.78 is 5.08. The van der Waals surface area contributed by atoms with E-state index in [1.54, 1.807) is 31.4 Å². The fourth-order valence-corrected chi connectivity index (χ4v) is 2.03. The molecule has 2 aromatic rings. The van der Waals surface area contributed by atoms with Crippen molar-refractivity contribution in [2.75, 3.05) is 7.11 Å². The smallest absolute Gasteiger partial charge is 0.311 e. The maximum atomic E-state index is 11.4. The van der Waals surface area contributed by atoms with Gasteiger partial charge < -0.3 is 9.84 Å². The largest absolute Gasteiger partial charge is 0.497 e. The molecule has 0 amide bonds. The van der Waals surface area contributed by atoms with Gasteiger partial charge in [-0.1, -0.05) is 42.5 Å². The van der Waals surface area contributed by atoms with Gasteiger partial charge in [-0.25, -0.2) is 0 Å². The topological polar surface area (TPSA) is 46.5 Å². The minimum absolute atomic E-state index is 0.489. The number of benzene rings is 2. The van der Waals surface area contributed by atoms with Gasteiger partial charge in [-0.05, 0) is 29.7 Å². The molecule has 0 aliphatic carbocycles. The monoisotopic (exact) mass is 256 g/mol. The number of carboxylic acid groups (broad SMARTS) is 1. The van der Waals surface area contributed by atoms with Crippen LogP contribution in [0.3, 0.4) is 0 Å². The molecule has 0 radical (unpaired) electrons. The number of ether oxygens (including phenoxy) is 1. The van der Waals surface area contributed by atoms with Gasteiger partial charge in [-0.2, -0.15) is 0 Å². The lowest BCUT2D eigenvalue weighted by molar-refractivity contribution is -0.138. The first kappa shape index (κ1) is 13.1. The Morgan fingerprint density at radius 3 is 2.26 bits per heavy atom. The van der Waals surface area contributed by atoms with Gasteiger partial charge in [0, 0.05) is 0 Å². The molecule has 19 heavy (non-hydrogen) atoms. The summed E-state index contributed by atoms with van der Waals surface area (Å²) in [4.78, 5) is 11.4. The quantitative estimate of drug-likeness (QED) is 0.894. The third-order valence-electron chi connectivity index (χ3n) is 3.10. The van der Waals surface area contributed by atoms with Crippen molar-refractivity contribution in [2.24, 2.45) is 0 Å². The molecule has 0 saturated heterocycles. The van der Waals surface area contributed by atoms with Crippen molar-refractivity contribution in [3.63, 3.8) is 0 Å². The van der Waals surface area contributed by atoms with Crippen LogP contribution in [0.5, 0.6) is 5.75 Å². The highest BCUT2D eigenvalue weighted by Gasteiger charge is 2.20. The molecular formula is C16H16O3. The fourth-order valence-electron chi connectivity index (χ4n) is 2.03. The number of carbonyl (C=O) groups is 1. The normalized spacial score (nSPS) is 11.8. The van der Waals surface area contributed by atoms with Crippen LogP contribution in [0.15, 0.2) is 54.6 Å². The van der Waals surface area contributed by atoms with E-state index < -0.39 is 11.9 Å². The zero-order chi connectivity index (χ0) is 13.7.